The van der Waals surface area contributed by atoms with E-state index in [0.29, 0.717) is 0 Å². The van der Waals surface area contributed by atoms with Gasteiger partial charge in [-0.1, -0.05) is 32.0 Å². The molecule has 1 N–H and O–H groups in total. The molecular weight excluding hydrogens is 609 g/mol. The van der Waals surface area contributed by atoms with Crippen LogP contribution in [-0.4, -0.2) is 20.9 Å². The van der Waals surface area contributed by atoms with Gasteiger partial charge in [0.05, 0.1) is 11.3 Å². The van der Waals surface area contributed by atoms with Crippen molar-refractivity contribution in [3.63, 3.8) is 0 Å². The minimum atomic E-state index is -0.125. The Morgan fingerprint density at radius 3 is 2.24 bits per heavy atom. The van der Waals surface area contributed by atoms with E-state index in [9.17, 15) is 4.79 Å². The van der Waals surface area contributed by atoms with Crippen LogP contribution in [0.4, 0.5) is 0 Å². The summed E-state index contributed by atoms with van der Waals surface area (Å²) in [5.41, 5.74) is 9.26. The smallest absolute Gasteiger partial charge is 0.155 e. The number of aryl methyl sites for hydroxylation is 4. The molecule has 173 valence electrons. The Kier molecular flexibility index (Phi) is 9.24. The summed E-state index contributed by atoms with van der Waals surface area (Å²) in [4.78, 5) is 20.3. The average molecular weight is 636 g/mol. The van der Waals surface area contributed by atoms with Crippen molar-refractivity contribution in [1.82, 2.24) is 9.97 Å². The van der Waals surface area contributed by atoms with Gasteiger partial charge < -0.3 is 5.11 Å². The number of aliphatic hydroxyl groups is 1. The summed E-state index contributed by atoms with van der Waals surface area (Å²) in [6.45, 7) is 11.4. The van der Waals surface area contributed by atoms with E-state index in [1.807, 2.05) is 0 Å². The van der Waals surface area contributed by atoms with E-state index in [0.717, 1.165) is 27.0 Å². The second-order valence-electron chi connectivity index (χ2n) is 7.96. The van der Waals surface area contributed by atoms with Crippen LogP contribution in [0.15, 0.2) is 54.6 Å². The Balaban J connectivity index is 0.000000423. The molecule has 0 aliphatic rings. The Bertz CT molecular complexity index is 1280. The fourth-order valence-corrected chi connectivity index (χ4v) is 4.98. The van der Waals surface area contributed by atoms with Crippen LogP contribution in [0.25, 0.3) is 31.9 Å². The first-order valence-corrected chi connectivity index (χ1v) is 11.2. The van der Waals surface area contributed by atoms with Crippen molar-refractivity contribution in [2.24, 2.45) is 0 Å². The number of thiophene rings is 1. The minimum absolute atomic E-state index is 0. The molecule has 2 aromatic carbocycles. The van der Waals surface area contributed by atoms with E-state index in [2.05, 4.69) is 80.1 Å². The summed E-state index contributed by atoms with van der Waals surface area (Å²) >= 11 is 1.77. The molecule has 0 unspecified atom stereocenters. The van der Waals surface area contributed by atoms with Crippen LogP contribution >= 0.6 is 11.3 Å². The molecule has 1 radical (unpaired) electrons. The van der Waals surface area contributed by atoms with E-state index < -0.39 is 0 Å². The minimum Gasteiger partial charge on any atom is -0.512 e. The SMILES string of the molecule is CC(=O)/C=C(/C)O.Cc1[c-]c(-c2ncnc3cc(-c4c(C)cccc4C)sc23)cc(C)c1.[Ir]. The van der Waals surface area contributed by atoms with Gasteiger partial charge in [0.25, 0.3) is 0 Å². The normalized spacial score (nSPS) is 10.9. The number of allylic oxidation sites excluding steroid dienone is 2. The quantitative estimate of drug-likeness (QED) is 0.148. The van der Waals surface area contributed by atoms with Gasteiger partial charge in [0.1, 0.15) is 6.33 Å². The third-order valence-electron chi connectivity index (χ3n) is 4.85. The number of rotatable bonds is 3. The third kappa shape index (κ3) is 6.67. The summed E-state index contributed by atoms with van der Waals surface area (Å²) < 4.78 is 1.13. The monoisotopic (exact) mass is 636 g/mol. The first kappa shape index (κ1) is 26.6. The van der Waals surface area contributed by atoms with E-state index in [-0.39, 0.29) is 31.6 Å². The van der Waals surface area contributed by atoms with Gasteiger partial charge in [-0.15, -0.1) is 46.2 Å². The van der Waals surface area contributed by atoms with Crippen molar-refractivity contribution in [2.45, 2.75) is 41.5 Å². The predicted molar refractivity (Wildman–Crippen MR) is 133 cm³/mol. The number of carbonyl (C=O) groups excluding carboxylic acids is 1. The fraction of sp³-hybridized carbons (Fsp3) is 0.222. The van der Waals surface area contributed by atoms with Crippen molar-refractivity contribution >= 4 is 27.3 Å². The average Bonchev–Trinajstić information content (AvgIpc) is 3.10. The first-order valence-electron chi connectivity index (χ1n) is 10.4. The van der Waals surface area contributed by atoms with Crippen LogP contribution in [0, 0.1) is 33.8 Å². The molecule has 0 saturated carbocycles. The molecule has 2 aromatic heterocycles. The zero-order valence-corrected chi connectivity index (χ0v) is 22.8. The molecule has 0 fully saturated rings. The Morgan fingerprint density at radius 2 is 1.70 bits per heavy atom. The maximum atomic E-state index is 10.0. The zero-order valence-electron chi connectivity index (χ0n) is 19.6. The van der Waals surface area contributed by atoms with Gasteiger partial charge in [0.2, 0.25) is 0 Å². The molecule has 0 saturated heterocycles. The molecule has 0 aliphatic carbocycles. The van der Waals surface area contributed by atoms with Crippen LogP contribution in [0.3, 0.4) is 0 Å². The number of fused-ring (bicyclic) bond motifs is 1. The Labute approximate surface area is 212 Å². The number of nitrogens with zero attached hydrogens (tertiary/aromatic N) is 2. The molecule has 0 aliphatic heterocycles. The Hall–Kier alpha value is -2.66. The Morgan fingerprint density at radius 1 is 1.03 bits per heavy atom. The summed E-state index contributed by atoms with van der Waals surface area (Å²) in [6.07, 6.45) is 2.82. The van der Waals surface area contributed by atoms with Gasteiger partial charge in [-0.2, -0.15) is 0 Å². The summed E-state index contributed by atoms with van der Waals surface area (Å²) in [5.74, 6) is -0.0625. The van der Waals surface area contributed by atoms with Gasteiger partial charge in [-0.05, 0) is 50.5 Å². The molecular formula is C27H27IrN2O2S-. The molecule has 4 nitrogen and oxygen atoms in total. The summed E-state index contributed by atoms with van der Waals surface area (Å²) in [6, 6.07) is 16.3. The van der Waals surface area contributed by atoms with Gasteiger partial charge in [0, 0.05) is 41.5 Å². The molecule has 4 rings (SSSR count). The summed E-state index contributed by atoms with van der Waals surface area (Å²) in [7, 11) is 0. The number of benzene rings is 2. The van der Waals surface area contributed by atoms with E-state index in [1.165, 1.54) is 47.1 Å². The van der Waals surface area contributed by atoms with Crippen molar-refractivity contribution in [2.75, 3.05) is 0 Å². The van der Waals surface area contributed by atoms with Crippen molar-refractivity contribution < 1.29 is 30.0 Å². The van der Waals surface area contributed by atoms with E-state index in [4.69, 9.17) is 5.11 Å². The number of hydrogen-bond acceptors (Lipinski definition) is 5. The molecule has 0 bridgehead atoms. The summed E-state index contributed by atoms with van der Waals surface area (Å²) in [5, 5.41) is 8.36. The van der Waals surface area contributed by atoms with Gasteiger partial charge in [-0.25, -0.2) is 4.98 Å². The topological polar surface area (TPSA) is 63.1 Å². The molecule has 33 heavy (non-hydrogen) atoms. The van der Waals surface area contributed by atoms with Gasteiger partial charge in [0.15, 0.2) is 5.78 Å². The van der Waals surface area contributed by atoms with Crippen LogP contribution in [0.1, 0.15) is 36.1 Å². The molecule has 6 heteroatoms. The second kappa shape index (κ2) is 11.5. The van der Waals surface area contributed by atoms with E-state index >= 15 is 0 Å². The van der Waals surface area contributed by atoms with Gasteiger partial charge in [-0.3, -0.25) is 9.78 Å². The molecule has 0 atom stereocenters. The number of aliphatic hydroxyl groups excluding tert-OH is 1. The molecule has 4 aromatic rings. The number of carbonyl (C=O) groups is 1. The molecule has 2 heterocycles. The first-order chi connectivity index (χ1) is 15.2. The van der Waals surface area contributed by atoms with Crippen LogP contribution in [-0.2, 0) is 24.9 Å². The third-order valence-corrected chi connectivity index (χ3v) is 6.00. The van der Waals surface area contributed by atoms with E-state index in [1.54, 1.807) is 17.7 Å². The molecule has 0 amide bonds. The van der Waals surface area contributed by atoms with Crippen molar-refractivity contribution in [1.29, 1.82) is 0 Å². The van der Waals surface area contributed by atoms with Crippen molar-refractivity contribution in [3.8, 4) is 21.7 Å². The number of hydrogen-bond donors (Lipinski definition) is 1. The fourth-order valence-electron chi connectivity index (χ4n) is 3.69. The standard InChI is InChI=1S/C22H19N2S.C5H8O2.Ir/c1-13-8-14(2)10-17(9-13)21-22-18(23-12-24-21)11-19(25-22)20-15(3)6-5-7-16(20)4;1-4(6)3-5(2)7;/h5-9,11-12H,1-4H3;3,6H,1-2H3;/q-1;;/b;4-3-;. The zero-order chi connectivity index (χ0) is 23.4. The van der Waals surface area contributed by atoms with Crippen LogP contribution in [0.5, 0.6) is 0 Å². The van der Waals surface area contributed by atoms with Crippen LogP contribution in [0.2, 0.25) is 0 Å². The van der Waals surface area contributed by atoms with Crippen molar-refractivity contribution in [3.05, 3.63) is 82.9 Å². The number of ketones is 1. The molecule has 0 spiro atoms. The predicted octanol–water partition coefficient (Wildman–Crippen LogP) is 7.09. The second-order valence-corrected chi connectivity index (χ2v) is 9.02. The largest absolute Gasteiger partial charge is 0.512 e. The number of aromatic nitrogens is 2. The van der Waals surface area contributed by atoms with Crippen LogP contribution < -0.4 is 0 Å². The van der Waals surface area contributed by atoms with Gasteiger partial charge >= 0.3 is 0 Å². The maximum Gasteiger partial charge on any atom is 0.155 e. The maximum absolute atomic E-state index is 10.0.